The van der Waals surface area contributed by atoms with Crippen molar-refractivity contribution in [1.82, 2.24) is 14.9 Å². The van der Waals surface area contributed by atoms with Gasteiger partial charge in [0.15, 0.2) is 0 Å². The fourth-order valence-electron chi connectivity index (χ4n) is 1.57. The van der Waals surface area contributed by atoms with Crippen molar-refractivity contribution in [2.75, 3.05) is 25.0 Å². The Morgan fingerprint density at radius 2 is 2.00 bits per heavy atom. The van der Waals surface area contributed by atoms with Gasteiger partial charge in [-0.05, 0) is 17.7 Å². The SMILES string of the molecule is CN1C/C=C\C=C/CN(c2ccnc(Cl)n2)C1=O. The third-order valence-electron chi connectivity index (χ3n) is 2.50. The fraction of sp³-hybridized carbons (Fsp3) is 0.250. The second-order valence-electron chi connectivity index (χ2n) is 3.81. The van der Waals surface area contributed by atoms with E-state index in [0.29, 0.717) is 18.9 Å². The lowest BCUT2D eigenvalue weighted by atomic mass is 10.4. The van der Waals surface area contributed by atoms with Crippen LogP contribution in [0.15, 0.2) is 36.6 Å². The number of hydrogen-bond acceptors (Lipinski definition) is 3. The van der Waals surface area contributed by atoms with Gasteiger partial charge in [0.25, 0.3) is 0 Å². The fourth-order valence-corrected chi connectivity index (χ4v) is 1.72. The van der Waals surface area contributed by atoms with E-state index in [0.717, 1.165) is 0 Å². The Morgan fingerprint density at radius 3 is 2.72 bits per heavy atom. The minimum Gasteiger partial charge on any atom is -0.324 e. The van der Waals surface area contributed by atoms with Crippen LogP contribution in [0.1, 0.15) is 0 Å². The molecule has 0 saturated carbocycles. The number of anilines is 1. The highest BCUT2D eigenvalue weighted by Crippen LogP contribution is 2.14. The van der Waals surface area contributed by atoms with Gasteiger partial charge in [-0.1, -0.05) is 24.3 Å². The number of hydrogen-bond donors (Lipinski definition) is 0. The van der Waals surface area contributed by atoms with Crippen LogP contribution in [0.5, 0.6) is 0 Å². The molecule has 0 fully saturated rings. The molecule has 94 valence electrons. The Morgan fingerprint density at radius 1 is 1.28 bits per heavy atom. The quantitative estimate of drug-likeness (QED) is 0.730. The van der Waals surface area contributed by atoms with E-state index < -0.39 is 0 Å². The van der Waals surface area contributed by atoms with Crippen LogP contribution < -0.4 is 4.90 Å². The summed E-state index contributed by atoms with van der Waals surface area (Å²) in [5.41, 5.74) is 0. The van der Waals surface area contributed by atoms with Gasteiger partial charge in [0.05, 0.1) is 0 Å². The first-order valence-electron chi connectivity index (χ1n) is 5.51. The van der Waals surface area contributed by atoms with Crippen LogP contribution in [0.4, 0.5) is 10.6 Å². The predicted octanol–water partition coefficient (Wildman–Crippen LogP) is 2.11. The van der Waals surface area contributed by atoms with Crippen molar-refractivity contribution in [2.45, 2.75) is 0 Å². The highest BCUT2D eigenvalue weighted by atomic mass is 35.5. The summed E-state index contributed by atoms with van der Waals surface area (Å²) < 4.78 is 0. The number of likely N-dealkylation sites (N-methyl/N-ethyl adjacent to an activating group) is 1. The third-order valence-corrected chi connectivity index (χ3v) is 2.68. The smallest absolute Gasteiger partial charge is 0.324 e. The van der Waals surface area contributed by atoms with Crippen molar-refractivity contribution in [3.05, 3.63) is 41.9 Å². The lowest BCUT2D eigenvalue weighted by Gasteiger charge is -2.25. The van der Waals surface area contributed by atoms with Crippen molar-refractivity contribution < 1.29 is 4.79 Å². The van der Waals surface area contributed by atoms with E-state index in [1.807, 2.05) is 24.3 Å². The highest BCUT2D eigenvalue weighted by molar-refractivity contribution is 6.28. The molecule has 1 aromatic rings. The lowest BCUT2D eigenvalue weighted by molar-refractivity contribution is 0.220. The first-order chi connectivity index (χ1) is 8.68. The number of rotatable bonds is 1. The molecular formula is C12H13ClN4O. The Kier molecular flexibility index (Phi) is 3.94. The minimum atomic E-state index is -0.124. The number of carbonyl (C=O) groups excluding carboxylic acids is 1. The predicted molar refractivity (Wildman–Crippen MR) is 70.7 cm³/mol. The molecule has 0 radical (unpaired) electrons. The molecule has 1 aliphatic heterocycles. The van der Waals surface area contributed by atoms with Gasteiger partial charge in [0.1, 0.15) is 5.82 Å². The molecule has 1 aromatic heterocycles. The number of carbonyl (C=O) groups is 1. The van der Waals surface area contributed by atoms with Crippen molar-refractivity contribution in [3.8, 4) is 0 Å². The normalized spacial score (nSPS) is 20.0. The summed E-state index contributed by atoms with van der Waals surface area (Å²) in [6.07, 6.45) is 9.17. The van der Waals surface area contributed by atoms with Crippen molar-refractivity contribution >= 4 is 23.4 Å². The van der Waals surface area contributed by atoms with E-state index in [9.17, 15) is 4.79 Å². The average molecular weight is 265 g/mol. The van der Waals surface area contributed by atoms with Gasteiger partial charge < -0.3 is 4.90 Å². The molecule has 2 rings (SSSR count). The monoisotopic (exact) mass is 264 g/mol. The standard InChI is InChI=1S/C12H13ClN4O/c1-16-8-4-2-3-5-9-17(12(16)18)10-6-7-14-11(13)15-10/h2-7H,8-9H2,1H3/b4-2-,5-3-. The summed E-state index contributed by atoms with van der Waals surface area (Å²) in [5.74, 6) is 0.499. The molecule has 0 unspecified atom stereocenters. The molecule has 0 atom stereocenters. The lowest BCUT2D eigenvalue weighted by Crippen LogP contribution is -2.41. The molecule has 18 heavy (non-hydrogen) atoms. The Bertz CT molecular complexity index is 501. The molecular weight excluding hydrogens is 252 g/mol. The van der Waals surface area contributed by atoms with Crippen LogP contribution in [0.25, 0.3) is 0 Å². The topological polar surface area (TPSA) is 49.3 Å². The molecule has 6 heteroatoms. The zero-order valence-electron chi connectivity index (χ0n) is 9.95. The summed E-state index contributed by atoms with van der Waals surface area (Å²) in [4.78, 5) is 23.3. The van der Waals surface area contributed by atoms with E-state index >= 15 is 0 Å². The van der Waals surface area contributed by atoms with Gasteiger partial charge in [-0.25, -0.2) is 14.8 Å². The van der Waals surface area contributed by atoms with E-state index in [2.05, 4.69) is 9.97 Å². The van der Waals surface area contributed by atoms with Crippen molar-refractivity contribution in [1.29, 1.82) is 0 Å². The third kappa shape index (κ3) is 2.87. The maximum atomic E-state index is 12.2. The maximum Gasteiger partial charge on any atom is 0.325 e. The number of amides is 2. The molecule has 0 spiro atoms. The van der Waals surface area contributed by atoms with E-state index in [-0.39, 0.29) is 11.3 Å². The van der Waals surface area contributed by atoms with Gasteiger partial charge in [0.2, 0.25) is 5.28 Å². The first kappa shape index (κ1) is 12.6. The zero-order valence-corrected chi connectivity index (χ0v) is 10.7. The Labute approximate surface area is 110 Å². The first-order valence-corrected chi connectivity index (χ1v) is 5.89. The molecule has 0 aliphatic carbocycles. The summed E-state index contributed by atoms with van der Waals surface area (Å²) in [7, 11) is 1.74. The van der Waals surface area contributed by atoms with Gasteiger partial charge in [-0.3, -0.25) is 4.90 Å². The average Bonchev–Trinajstić information content (AvgIpc) is 2.43. The maximum absolute atomic E-state index is 12.2. The Hall–Kier alpha value is -1.88. The van der Waals surface area contributed by atoms with Gasteiger partial charge in [0, 0.05) is 26.3 Å². The number of allylic oxidation sites excluding steroid dienone is 2. The molecule has 0 saturated heterocycles. The second-order valence-corrected chi connectivity index (χ2v) is 4.15. The number of nitrogens with zero attached hydrogens (tertiary/aromatic N) is 4. The van der Waals surface area contributed by atoms with E-state index in [1.165, 1.54) is 6.20 Å². The van der Waals surface area contributed by atoms with E-state index in [4.69, 9.17) is 11.6 Å². The van der Waals surface area contributed by atoms with Crippen LogP contribution in [0.3, 0.4) is 0 Å². The zero-order chi connectivity index (χ0) is 13.0. The van der Waals surface area contributed by atoms with Crippen molar-refractivity contribution in [3.63, 3.8) is 0 Å². The van der Waals surface area contributed by atoms with Crippen LogP contribution in [0, 0.1) is 0 Å². The highest BCUT2D eigenvalue weighted by Gasteiger charge is 2.19. The molecule has 2 heterocycles. The van der Waals surface area contributed by atoms with Gasteiger partial charge in [-0.2, -0.15) is 0 Å². The molecule has 0 bridgehead atoms. The molecule has 0 N–H and O–H groups in total. The number of urea groups is 1. The molecule has 0 aromatic carbocycles. The van der Waals surface area contributed by atoms with Gasteiger partial charge in [-0.15, -0.1) is 0 Å². The van der Waals surface area contributed by atoms with Crippen LogP contribution in [-0.4, -0.2) is 41.0 Å². The molecule has 2 amide bonds. The minimum absolute atomic E-state index is 0.124. The summed E-state index contributed by atoms with van der Waals surface area (Å²) in [6, 6.07) is 1.54. The van der Waals surface area contributed by atoms with E-state index in [1.54, 1.807) is 22.9 Å². The van der Waals surface area contributed by atoms with Crippen LogP contribution >= 0.6 is 11.6 Å². The molecule has 5 nitrogen and oxygen atoms in total. The number of halogens is 1. The summed E-state index contributed by atoms with van der Waals surface area (Å²) in [6.45, 7) is 0.999. The molecule has 1 aliphatic rings. The Balaban J connectivity index is 2.31. The largest absolute Gasteiger partial charge is 0.325 e. The number of aromatic nitrogens is 2. The van der Waals surface area contributed by atoms with Crippen LogP contribution in [-0.2, 0) is 0 Å². The van der Waals surface area contributed by atoms with Crippen molar-refractivity contribution in [2.24, 2.45) is 0 Å². The van der Waals surface area contributed by atoms with Crippen LogP contribution in [0.2, 0.25) is 5.28 Å². The summed E-state index contributed by atoms with van der Waals surface area (Å²) >= 11 is 5.75. The van der Waals surface area contributed by atoms with Gasteiger partial charge >= 0.3 is 6.03 Å². The second kappa shape index (κ2) is 5.64. The summed E-state index contributed by atoms with van der Waals surface area (Å²) in [5, 5.41) is 0.130.